The average molecular weight is 338 g/mol. The number of halogens is 4. The van der Waals surface area contributed by atoms with Gasteiger partial charge in [0.05, 0.1) is 0 Å². The SMILES string of the molecule is C[C@@](O)(C#C[C@](O)(c1ccccc1)C(F)(F)F)c1ccc(F)cc1. The van der Waals surface area contributed by atoms with Crippen LogP contribution in [-0.4, -0.2) is 16.4 Å². The van der Waals surface area contributed by atoms with E-state index in [9.17, 15) is 27.8 Å². The molecule has 0 saturated carbocycles. The van der Waals surface area contributed by atoms with Gasteiger partial charge in [0, 0.05) is 5.56 Å². The van der Waals surface area contributed by atoms with Crippen LogP contribution >= 0.6 is 0 Å². The summed E-state index contributed by atoms with van der Waals surface area (Å²) in [6, 6.07) is 10.9. The highest BCUT2D eigenvalue weighted by molar-refractivity contribution is 5.38. The molecule has 0 bridgehead atoms. The second-order valence-corrected chi connectivity index (χ2v) is 5.40. The van der Waals surface area contributed by atoms with Gasteiger partial charge in [-0.15, -0.1) is 0 Å². The van der Waals surface area contributed by atoms with E-state index in [0.29, 0.717) is 0 Å². The van der Waals surface area contributed by atoms with Crippen molar-refractivity contribution >= 4 is 0 Å². The molecule has 0 aliphatic carbocycles. The summed E-state index contributed by atoms with van der Waals surface area (Å²) in [5, 5.41) is 20.4. The Morgan fingerprint density at radius 2 is 1.33 bits per heavy atom. The third kappa shape index (κ3) is 3.58. The van der Waals surface area contributed by atoms with Crippen molar-refractivity contribution in [3.63, 3.8) is 0 Å². The normalized spacial score (nSPS) is 16.5. The van der Waals surface area contributed by atoms with Gasteiger partial charge in [-0.1, -0.05) is 54.3 Å². The Morgan fingerprint density at radius 3 is 1.83 bits per heavy atom. The van der Waals surface area contributed by atoms with Gasteiger partial charge in [0.25, 0.3) is 0 Å². The molecule has 0 unspecified atom stereocenters. The van der Waals surface area contributed by atoms with Crippen LogP contribution in [0.5, 0.6) is 0 Å². The number of benzene rings is 2. The summed E-state index contributed by atoms with van der Waals surface area (Å²) in [6.07, 6.45) is -5.07. The van der Waals surface area contributed by atoms with E-state index in [4.69, 9.17) is 0 Å². The molecule has 0 fully saturated rings. The average Bonchev–Trinajstić information content (AvgIpc) is 2.53. The lowest BCUT2D eigenvalue weighted by atomic mass is 9.90. The van der Waals surface area contributed by atoms with Crippen molar-refractivity contribution < 1.29 is 27.8 Å². The Morgan fingerprint density at radius 1 is 0.792 bits per heavy atom. The fraction of sp³-hybridized carbons (Fsp3) is 0.222. The van der Waals surface area contributed by atoms with Gasteiger partial charge in [-0.3, -0.25) is 0 Å². The number of hydrogen-bond acceptors (Lipinski definition) is 2. The molecular formula is C18H14F4O2. The molecule has 0 spiro atoms. The fourth-order valence-corrected chi connectivity index (χ4v) is 2.04. The Balaban J connectivity index is 2.49. The number of aliphatic hydroxyl groups is 2. The highest BCUT2D eigenvalue weighted by atomic mass is 19.4. The molecule has 2 aromatic carbocycles. The molecule has 24 heavy (non-hydrogen) atoms. The quantitative estimate of drug-likeness (QED) is 0.650. The van der Waals surface area contributed by atoms with Crippen LogP contribution in [0.3, 0.4) is 0 Å². The first-order chi connectivity index (χ1) is 11.1. The number of alkyl halides is 3. The Hall–Kier alpha value is -2.36. The molecule has 2 N–H and O–H groups in total. The van der Waals surface area contributed by atoms with Crippen LogP contribution in [0.1, 0.15) is 18.1 Å². The first-order valence-corrected chi connectivity index (χ1v) is 6.94. The standard InChI is InChI=1S/C18H14F4O2/c1-16(23,13-7-9-15(19)10-8-13)11-12-17(24,18(20,21)22)14-5-3-2-4-6-14/h2-10,23-24H,1H3/t16-,17+/m1/s1. The molecule has 2 atom stereocenters. The first kappa shape index (κ1) is 18.0. The predicted molar refractivity (Wildman–Crippen MR) is 80.1 cm³/mol. The van der Waals surface area contributed by atoms with E-state index in [-0.39, 0.29) is 5.56 Å². The van der Waals surface area contributed by atoms with Crippen molar-refractivity contribution in [1.82, 2.24) is 0 Å². The van der Waals surface area contributed by atoms with E-state index >= 15 is 0 Å². The van der Waals surface area contributed by atoms with Gasteiger partial charge in [0.15, 0.2) is 0 Å². The summed E-state index contributed by atoms with van der Waals surface area (Å²) in [5.74, 6) is 3.24. The van der Waals surface area contributed by atoms with Crippen LogP contribution in [0.2, 0.25) is 0 Å². The molecule has 0 amide bonds. The Bertz CT molecular complexity index is 756. The molecule has 6 heteroatoms. The molecule has 0 aliphatic heterocycles. The zero-order valence-corrected chi connectivity index (χ0v) is 12.6. The Kier molecular flexibility index (Phi) is 4.70. The fourth-order valence-electron chi connectivity index (χ4n) is 2.04. The molecule has 0 aromatic heterocycles. The van der Waals surface area contributed by atoms with Crippen molar-refractivity contribution in [2.24, 2.45) is 0 Å². The van der Waals surface area contributed by atoms with E-state index in [1.165, 1.54) is 30.3 Å². The highest BCUT2D eigenvalue weighted by Crippen LogP contribution is 2.38. The molecule has 2 rings (SSSR count). The van der Waals surface area contributed by atoms with Crippen LogP contribution in [-0.2, 0) is 11.2 Å². The number of hydrogen-bond donors (Lipinski definition) is 2. The molecule has 0 radical (unpaired) electrons. The summed E-state index contributed by atoms with van der Waals surface area (Å²) < 4.78 is 52.9. The molecule has 126 valence electrons. The lowest BCUT2D eigenvalue weighted by Crippen LogP contribution is -2.41. The minimum absolute atomic E-state index is 0.106. The van der Waals surface area contributed by atoms with Gasteiger partial charge in [0.2, 0.25) is 5.60 Å². The third-order valence-electron chi connectivity index (χ3n) is 3.49. The van der Waals surface area contributed by atoms with Crippen molar-refractivity contribution in [2.45, 2.75) is 24.3 Å². The third-order valence-corrected chi connectivity index (χ3v) is 3.49. The van der Waals surface area contributed by atoms with Crippen molar-refractivity contribution in [3.05, 3.63) is 71.5 Å². The minimum atomic E-state index is -5.07. The van der Waals surface area contributed by atoms with E-state index < -0.39 is 28.8 Å². The van der Waals surface area contributed by atoms with Gasteiger partial charge in [-0.25, -0.2) is 4.39 Å². The summed E-state index contributed by atoms with van der Waals surface area (Å²) in [5.41, 5.74) is -5.78. The van der Waals surface area contributed by atoms with Crippen LogP contribution in [0, 0.1) is 17.7 Å². The second kappa shape index (κ2) is 6.27. The predicted octanol–water partition coefficient (Wildman–Crippen LogP) is 3.49. The first-order valence-electron chi connectivity index (χ1n) is 6.94. The summed E-state index contributed by atoms with van der Waals surface area (Å²) in [7, 11) is 0. The zero-order chi connectivity index (χ0) is 18.0. The molecule has 2 nitrogen and oxygen atoms in total. The topological polar surface area (TPSA) is 40.5 Å². The van der Waals surface area contributed by atoms with Gasteiger partial charge < -0.3 is 10.2 Å². The highest BCUT2D eigenvalue weighted by Gasteiger charge is 2.54. The monoisotopic (exact) mass is 338 g/mol. The van der Waals surface area contributed by atoms with E-state index in [1.807, 2.05) is 0 Å². The molecule has 0 saturated heterocycles. The van der Waals surface area contributed by atoms with Crippen LogP contribution in [0.4, 0.5) is 17.6 Å². The molecule has 0 aliphatic rings. The van der Waals surface area contributed by atoms with Crippen molar-refractivity contribution in [1.29, 1.82) is 0 Å². The second-order valence-electron chi connectivity index (χ2n) is 5.40. The van der Waals surface area contributed by atoms with Crippen molar-refractivity contribution in [2.75, 3.05) is 0 Å². The summed E-state index contributed by atoms with van der Waals surface area (Å²) in [4.78, 5) is 0. The van der Waals surface area contributed by atoms with Crippen LogP contribution in [0.25, 0.3) is 0 Å². The summed E-state index contributed by atoms with van der Waals surface area (Å²) >= 11 is 0. The maximum atomic E-state index is 13.3. The smallest absolute Gasteiger partial charge is 0.374 e. The lowest BCUT2D eigenvalue weighted by Gasteiger charge is -2.26. The molecule has 0 heterocycles. The van der Waals surface area contributed by atoms with Crippen molar-refractivity contribution in [3.8, 4) is 11.8 Å². The lowest BCUT2D eigenvalue weighted by molar-refractivity contribution is -0.240. The number of rotatable bonds is 2. The Labute approximate surface area is 136 Å². The van der Waals surface area contributed by atoms with E-state index in [2.05, 4.69) is 5.92 Å². The van der Waals surface area contributed by atoms with Gasteiger partial charge >= 0.3 is 6.18 Å². The summed E-state index contributed by atoms with van der Waals surface area (Å²) in [6.45, 7) is 1.16. The van der Waals surface area contributed by atoms with E-state index in [1.54, 1.807) is 5.92 Å². The minimum Gasteiger partial charge on any atom is -0.374 e. The van der Waals surface area contributed by atoms with Gasteiger partial charge in [-0.2, -0.15) is 13.2 Å². The zero-order valence-electron chi connectivity index (χ0n) is 12.6. The van der Waals surface area contributed by atoms with Crippen LogP contribution < -0.4 is 0 Å². The van der Waals surface area contributed by atoms with Gasteiger partial charge in [0.1, 0.15) is 11.4 Å². The van der Waals surface area contributed by atoms with Gasteiger partial charge in [-0.05, 0) is 24.6 Å². The maximum Gasteiger partial charge on any atom is 0.433 e. The largest absolute Gasteiger partial charge is 0.433 e. The molecule has 2 aromatic rings. The molecular weight excluding hydrogens is 324 g/mol. The van der Waals surface area contributed by atoms with Crippen LogP contribution in [0.15, 0.2) is 54.6 Å². The van der Waals surface area contributed by atoms with E-state index in [0.717, 1.165) is 31.2 Å². The maximum absolute atomic E-state index is 13.3.